The third-order valence-corrected chi connectivity index (χ3v) is 6.14. The van der Waals surface area contributed by atoms with Gasteiger partial charge in [-0.3, -0.25) is 4.79 Å². The highest BCUT2D eigenvalue weighted by molar-refractivity contribution is 9.10. The molecule has 138 valence electrons. The highest BCUT2D eigenvalue weighted by Gasteiger charge is 2.18. The molecule has 1 aliphatic heterocycles. The summed E-state index contributed by atoms with van der Waals surface area (Å²) in [7, 11) is 0. The van der Waals surface area contributed by atoms with Crippen LogP contribution < -0.4 is 14.8 Å². The second-order valence-electron chi connectivity index (χ2n) is 6.35. The number of hydrogen-bond acceptors (Lipinski definition) is 4. The maximum absolute atomic E-state index is 12.5. The zero-order valence-electron chi connectivity index (χ0n) is 15.1. The Hall–Kier alpha value is -1.66. The molecule has 2 aromatic carbocycles. The van der Waals surface area contributed by atoms with Crippen LogP contribution in [-0.2, 0) is 10.5 Å². The molecule has 0 saturated heterocycles. The van der Waals surface area contributed by atoms with E-state index in [1.54, 1.807) is 11.8 Å². The standard InChI is InChI=1S/C20H22BrNO3S/c1-12-4-5-17(13(2)8-12)22-20(23)14(3)26-11-15-9-18-19(10-16(15)21)25-7-6-24-18/h4-5,8-10,14H,6-7,11H2,1-3H3,(H,22,23). The Labute approximate surface area is 166 Å². The summed E-state index contributed by atoms with van der Waals surface area (Å²) < 4.78 is 12.2. The van der Waals surface area contributed by atoms with Crippen LogP contribution in [0.15, 0.2) is 34.8 Å². The van der Waals surface area contributed by atoms with Crippen LogP contribution in [0.1, 0.15) is 23.6 Å². The van der Waals surface area contributed by atoms with Crippen LogP contribution in [0.2, 0.25) is 0 Å². The van der Waals surface area contributed by atoms with Crippen molar-refractivity contribution in [3.8, 4) is 11.5 Å². The van der Waals surface area contributed by atoms with Crippen molar-refractivity contribution in [3.63, 3.8) is 0 Å². The molecule has 0 aliphatic carbocycles. The Morgan fingerprint density at radius 3 is 2.58 bits per heavy atom. The van der Waals surface area contributed by atoms with Gasteiger partial charge in [-0.1, -0.05) is 33.6 Å². The monoisotopic (exact) mass is 435 g/mol. The highest BCUT2D eigenvalue weighted by Crippen LogP contribution is 2.37. The molecule has 0 radical (unpaired) electrons. The summed E-state index contributed by atoms with van der Waals surface area (Å²) in [5.74, 6) is 2.24. The van der Waals surface area contributed by atoms with Crippen molar-refractivity contribution >= 4 is 39.3 Å². The van der Waals surface area contributed by atoms with Gasteiger partial charge in [0.1, 0.15) is 13.2 Å². The lowest BCUT2D eigenvalue weighted by Crippen LogP contribution is -2.23. The quantitative estimate of drug-likeness (QED) is 0.709. The number of rotatable bonds is 5. The van der Waals surface area contributed by atoms with Crippen LogP contribution in [0, 0.1) is 13.8 Å². The molecule has 6 heteroatoms. The molecule has 3 rings (SSSR count). The van der Waals surface area contributed by atoms with E-state index in [4.69, 9.17) is 9.47 Å². The van der Waals surface area contributed by atoms with E-state index < -0.39 is 0 Å². The molecular weight excluding hydrogens is 414 g/mol. The fourth-order valence-electron chi connectivity index (χ4n) is 2.70. The van der Waals surface area contributed by atoms with Crippen molar-refractivity contribution in [1.29, 1.82) is 0 Å². The van der Waals surface area contributed by atoms with Crippen molar-refractivity contribution in [2.45, 2.75) is 31.8 Å². The minimum atomic E-state index is -0.171. The van der Waals surface area contributed by atoms with Gasteiger partial charge >= 0.3 is 0 Å². The molecule has 1 atom stereocenters. The van der Waals surface area contributed by atoms with Crippen molar-refractivity contribution in [2.24, 2.45) is 0 Å². The predicted molar refractivity (Wildman–Crippen MR) is 110 cm³/mol. The molecule has 0 aromatic heterocycles. The van der Waals surface area contributed by atoms with E-state index in [1.165, 1.54) is 5.56 Å². The first-order valence-electron chi connectivity index (χ1n) is 8.52. The number of carbonyl (C=O) groups is 1. The van der Waals surface area contributed by atoms with E-state index in [2.05, 4.69) is 27.3 Å². The van der Waals surface area contributed by atoms with Crippen LogP contribution in [0.4, 0.5) is 5.69 Å². The molecule has 4 nitrogen and oxygen atoms in total. The minimum absolute atomic E-state index is 0.00983. The van der Waals surface area contributed by atoms with Gasteiger partial charge in [-0.15, -0.1) is 11.8 Å². The molecule has 2 aromatic rings. The smallest absolute Gasteiger partial charge is 0.237 e. The molecule has 1 amide bonds. The molecule has 0 spiro atoms. The van der Waals surface area contributed by atoms with Crippen LogP contribution in [0.3, 0.4) is 0 Å². The van der Waals surface area contributed by atoms with Gasteiger partial charge in [0, 0.05) is 15.9 Å². The lowest BCUT2D eigenvalue weighted by molar-refractivity contribution is -0.115. The van der Waals surface area contributed by atoms with Gasteiger partial charge in [-0.25, -0.2) is 0 Å². The predicted octanol–water partition coefficient (Wildman–Crippen LogP) is 5.10. The number of hydrogen-bond donors (Lipinski definition) is 1. The van der Waals surface area contributed by atoms with Crippen molar-refractivity contribution in [3.05, 3.63) is 51.5 Å². The third kappa shape index (κ3) is 4.54. The lowest BCUT2D eigenvalue weighted by Gasteiger charge is -2.20. The topological polar surface area (TPSA) is 47.6 Å². The van der Waals surface area contributed by atoms with Gasteiger partial charge in [0.05, 0.1) is 5.25 Å². The number of thioether (sulfide) groups is 1. The van der Waals surface area contributed by atoms with Crippen LogP contribution in [0.5, 0.6) is 11.5 Å². The normalized spacial score (nSPS) is 14.0. The van der Waals surface area contributed by atoms with Gasteiger partial charge in [-0.2, -0.15) is 0 Å². The molecule has 0 bridgehead atoms. The average molecular weight is 436 g/mol. The van der Waals surface area contributed by atoms with Crippen molar-refractivity contribution in [2.75, 3.05) is 18.5 Å². The molecule has 1 aliphatic rings. The van der Waals surface area contributed by atoms with Gasteiger partial charge in [0.2, 0.25) is 5.91 Å². The molecule has 26 heavy (non-hydrogen) atoms. The van der Waals surface area contributed by atoms with E-state index in [0.717, 1.165) is 32.8 Å². The van der Waals surface area contributed by atoms with E-state index in [-0.39, 0.29) is 11.2 Å². The van der Waals surface area contributed by atoms with E-state index in [0.29, 0.717) is 19.0 Å². The summed E-state index contributed by atoms with van der Waals surface area (Å²) in [5.41, 5.74) is 4.22. The number of nitrogens with one attached hydrogen (secondary N) is 1. The highest BCUT2D eigenvalue weighted by atomic mass is 79.9. The molecule has 0 fully saturated rings. The second-order valence-corrected chi connectivity index (χ2v) is 8.53. The zero-order valence-corrected chi connectivity index (χ0v) is 17.5. The largest absolute Gasteiger partial charge is 0.486 e. The summed E-state index contributed by atoms with van der Waals surface area (Å²) in [6.45, 7) is 7.11. The summed E-state index contributed by atoms with van der Waals surface area (Å²) in [4.78, 5) is 12.5. The first-order valence-corrected chi connectivity index (χ1v) is 10.4. The summed E-state index contributed by atoms with van der Waals surface area (Å²) >= 11 is 5.18. The number of aryl methyl sites for hydroxylation is 2. The molecule has 1 unspecified atom stereocenters. The summed E-state index contributed by atoms with van der Waals surface area (Å²) in [6, 6.07) is 9.95. The fraction of sp³-hybridized carbons (Fsp3) is 0.350. The maximum atomic E-state index is 12.5. The average Bonchev–Trinajstić information content (AvgIpc) is 2.61. The SMILES string of the molecule is Cc1ccc(NC(=O)C(C)SCc2cc3c(cc2Br)OCCO3)c(C)c1. The Balaban J connectivity index is 1.61. The molecular formula is C20H22BrNO3S. The van der Waals surface area contributed by atoms with Gasteiger partial charge in [0.15, 0.2) is 11.5 Å². The van der Waals surface area contributed by atoms with E-state index in [9.17, 15) is 4.79 Å². The van der Waals surface area contributed by atoms with Crippen LogP contribution in [-0.4, -0.2) is 24.4 Å². The zero-order chi connectivity index (χ0) is 18.7. The van der Waals surface area contributed by atoms with Crippen LogP contribution >= 0.6 is 27.7 Å². The fourth-order valence-corrected chi connectivity index (χ4v) is 4.22. The van der Waals surface area contributed by atoms with E-state index >= 15 is 0 Å². The molecule has 0 saturated carbocycles. The Morgan fingerprint density at radius 1 is 1.19 bits per heavy atom. The summed E-state index contributed by atoms with van der Waals surface area (Å²) in [5, 5.41) is 2.85. The maximum Gasteiger partial charge on any atom is 0.237 e. The number of anilines is 1. The number of fused-ring (bicyclic) bond motifs is 1. The minimum Gasteiger partial charge on any atom is -0.486 e. The number of halogens is 1. The molecule has 1 N–H and O–H groups in total. The van der Waals surface area contributed by atoms with Crippen molar-refractivity contribution in [1.82, 2.24) is 0 Å². The first kappa shape index (κ1) is 19.1. The summed E-state index contributed by atoms with van der Waals surface area (Å²) in [6.07, 6.45) is 0. The third-order valence-electron chi connectivity index (χ3n) is 4.21. The number of amides is 1. The number of carbonyl (C=O) groups excluding carboxylic acids is 1. The number of ether oxygens (including phenoxy) is 2. The Kier molecular flexibility index (Phi) is 6.14. The first-order chi connectivity index (χ1) is 12.4. The van der Waals surface area contributed by atoms with Gasteiger partial charge in [0.25, 0.3) is 0 Å². The van der Waals surface area contributed by atoms with Gasteiger partial charge in [-0.05, 0) is 50.1 Å². The molecule has 1 heterocycles. The van der Waals surface area contributed by atoms with Crippen molar-refractivity contribution < 1.29 is 14.3 Å². The Bertz CT molecular complexity index is 825. The van der Waals surface area contributed by atoms with E-state index in [1.807, 2.05) is 45.0 Å². The number of benzene rings is 2. The lowest BCUT2D eigenvalue weighted by atomic mass is 10.1. The van der Waals surface area contributed by atoms with Crippen LogP contribution in [0.25, 0.3) is 0 Å². The second kappa shape index (κ2) is 8.35. The Morgan fingerprint density at radius 2 is 1.88 bits per heavy atom. The van der Waals surface area contributed by atoms with Gasteiger partial charge < -0.3 is 14.8 Å².